The van der Waals surface area contributed by atoms with Gasteiger partial charge in [-0.15, -0.1) is 6.58 Å². The Balaban J connectivity index is 5.03. The predicted molar refractivity (Wildman–Crippen MR) is 54.9 cm³/mol. The van der Waals surface area contributed by atoms with Crippen LogP contribution in [0.1, 0.15) is 6.42 Å². The van der Waals surface area contributed by atoms with Gasteiger partial charge in [-0.2, -0.15) is 0 Å². The van der Waals surface area contributed by atoms with E-state index in [1.165, 1.54) is 20.3 Å². The molecule has 0 aromatic carbocycles. The van der Waals surface area contributed by atoms with Gasteiger partial charge in [0, 0.05) is 20.1 Å². The van der Waals surface area contributed by atoms with Crippen molar-refractivity contribution < 1.29 is 29.3 Å². The number of carboxylic acids is 2. The van der Waals surface area contributed by atoms with Gasteiger partial charge < -0.3 is 19.7 Å². The molecule has 6 nitrogen and oxygen atoms in total. The lowest BCUT2D eigenvalue weighted by Gasteiger charge is -2.26. The first-order chi connectivity index (χ1) is 7.49. The van der Waals surface area contributed by atoms with E-state index < -0.39 is 30.1 Å². The summed E-state index contributed by atoms with van der Waals surface area (Å²) in [5.41, 5.74) is 0. The highest BCUT2D eigenvalue weighted by Gasteiger charge is 2.39. The second-order valence-corrected chi connectivity index (χ2v) is 3.18. The fraction of sp³-hybridized carbons (Fsp3) is 0.600. The minimum Gasteiger partial charge on any atom is -0.481 e. The first kappa shape index (κ1) is 14.6. The molecule has 0 fully saturated rings. The molecule has 16 heavy (non-hydrogen) atoms. The molecule has 1 unspecified atom stereocenters. The number of hydrogen-bond acceptors (Lipinski definition) is 4. The highest BCUT2D eigenvalue weighted by atomic mass is 16.7. The van der Waals surface area contributed by atoms with Gasteiger partial charge in [0.25, 0.3) is 0 Å². The van der Waals surface area contributed by atoms with Crippen molar-refractivity contribution in [3.8, 4) is 0 Å². The fourth-order valence-electron chi connectivity index (χ4n) is 1.51. The van der Waals surface area contributed by atoms with Crippen LogP contribution >= 0.6 is 0 Å². The molecule has 0 radical (unpaired) electrons. The molecule has 0 rings (SSSR count). The maximum Gasteiger partial charge on any atom is 0.318 e. The van der Waals surface area contributed by atoms with Gasteiger partial charge in [0.15, 0.2) is 12.2 Å². The summed E-state index contributed by atoms with van der Waals surface area (Å²) in [5.74, 6) is -5.23. The monoisotopic (exact) mass is 232 g/mol. The zero-order valence-electron chi connectivity index (χ0n) is 9.25. The van der Waals surface area contributed by atoms with Crippen molar-refractivity contribution >= 4 is 11.9 Å². The minimum absolute atomic E-state index is 0.176. The van der Waals surface area contributed by atoms with Crippen molar-refractivity contribution in [2.24, 2.45) is 11.8 Å². The molecular formula is C10H16O6. The zero-order valence-corrected chi connectivity index (χ0v) is 9.25. The summed E-state index contributed by atoms with van der Waals surface area (Å²) in [6.07, 6.45) is 0.722. The Kier molecular flexibility index (Phi) is 6.36. The molecule has 0 saturated carbocycles. The van der Waals surface area contributed by atoms with Crippen molar-refractivity contribution in [1.29, 1.82) is 0 Å². The van der Waals surface area contributed by atoms with Crippen LogP contribution in [0.2, 0.25) is 0 Å². The first-order valence-corrected chi connectivity index (χ1v) is 4.61. The molecule has 0 aliphatic rings. The van der Waals surface area contributed by atoms with E-state index in [2.05, 4.69) is 6.58 Å². The summed E-state index contributed by atoms with van der Waals surface area (Å²) >= 11 is 0. The number of hydrogen-bond donors (Lipinski definition) is 2. The van der Waals surface area contributed by atoms with Crippen molar-refractivity contribution in [2.45, 2.75) is 12.7 Å². The van der Waals surface area contributed by atoms with Crippen LogP contribution in [0, 0.1) is 11.8 Å². The highest BCUT2D eigenvalue weighted by Crippen LogP contribution is 2.24. The smallest absolute Gasteiger partial charge is 0.318 e. The van der Waals surface area contributed by atoms with Gasteiger partial charge in [0.1, 0.15) is 0 Å². The van der Waals surface area contributed by atoms with Crippen molar-refractivity contribution in [3.63, 3.8) is 0 Å². The average Bonchev–Trinajstić information content (AvgIpc) is 2.18. The summed E-state index contributed by atoms with van der Waals surface area (Å²) in [7, 11) is 2.65. The molecule has 0 heterocycles. The summed E-state index contributed by atoms with van der Waals surface area (Å²) in [6.45, 7) is 3.46. The summed E-state index contributed by atoms with van der Waals surface area (Å²) in [4.78, 5) is 21.7. The van der Waals surface area contributed by atoms with Crippen LogP contribution in [0.5, 0.6) is 0 Å². The van der Waals surface area contributed by atoms with Crippen LogP contribution in [0.3, 0.4) is 0 Å². The van der Waals surface area contributed by atoms with Crippen molar-refractivity contribution in [3.05, 3.63) is 12.7 Å². The molecule has 0 aliphatic heterocycles. The third-order valence-electron chi connectivity index (χ3n) is 2.21. The normalized spacial score (nSPS) is 12.8. The average molecular weight is 232 g/mol. The lowest BCUT2D eigenvalue weighted by Crippen LogP contribution is -2.39. The van der Waals surface area contributed by atoms with E-state index >= 15 is 0 Å². The number of aliphatic carboxylic acids is 2. The van der Waals surface area contributed by atoms with Crippen LogP contribution in [-0.4, -0.2) is 42.7 Å². The number of rotatable bonds is 8. The Morgan fingerprint density at radius 2 is 1.69 bits per heavy atom. The molecule has 0 bridgehead atoms. The van der Waals surface area contributed by atoms with Crippen molar-refractivity contribution in [1.82, 2.24) is 0 Å². The summed E-state index contributed by atoms with van der Waals surface area (Å²) < 4.78 is 9.80. The van der Waals surface area contributed by atoms with Crippen molar-refractivity contribution in [2.75, 3.05) is 14.2 Å². The van der Waals surface area contributed by atoms with Gasteiger partial charge in [-0.25, -0.2) is 0 Å². The third kappa shape index (κ3) is 3.63. The lowest BCUT2D eigenvalue weighted by atomic mass is 9.88. The molecule has 0 amide bonds. The SMILES string of the molecule is C=CCC(C(OC)OC)C(C(=O)O)C(=O)O. The zero-order chi connectivity index (χ0) is 12.7. The molecule has 2 N–H and O–H groups in total. The molecule has 0 spiro atoms. The largest absolute Gasteiger partial charge is 0.481 e. The Morgan fingerprint density at radius 3 is 1.94 bits per heavy atom. The Labute approximate surface area is 93.5 Å². The molecule has 0 saturated heterocycles. The standard InChI is InChI=1S/C10H16O6/c1-4-5-6(10(15-2)16-3)7(8(11)12)9(13)14/h4,6-7,10H,1,5H2,2-3H3,(H,11,12)(H,13,14). The molecule has 1 atom stereocenters. The quantitative estimate of drug-likeness (QED) is 0.361. The number of ether oxygens (including phenoxy) is 2. The molecule has 0 aromatic rings. The number of allylic oxidation sites excluding steroid dienone is 1. The third-order valence-corrected chi connectivity index (χ3v) is 2.21. The van der Waals surface area contributed by atoms with Crippen LogP contribution in [0.4, 0.5) is 0 Å². The van der Waals surface area contributed by atoms with Gasteiger partial charge in [-0.3, -0.25) is 9.59 Å². The van der Waals surface area contributed by atoms with Gasteiger partial charge in [0.05, 0.1) is 0 Å². The highest BCUT2D eigenvalue weighted by molar-refractivity contribution is 5.93. The van der Waals surface area contributed by atoms with E-state index in [1.54, 1.807) is 0 Å². The topological polar surface area (TPSA) is 93.1 Å². The van der Waals surface area contributed by atoms with E-state index in [9.17, 15) is 9.59 Å². The number of methoxy groups -OCH3 is 2. The van der Waals surface area contributed by atoms with Crippen LogP contribution in [0.15, 0.2) is 12.7 Å². The Bertz CT molecular complexity index is 244. The molecule has 92 valence electrons. The van der Waals surface area contributed by atoms with E-state index in [1.807, 2.05) is 0 Å². The lowest BCUT2D eigenvalue weighted by molar-refractivity contribution is -0.178. The molecular weight excluding hydrogens is 216 g/mol. The van der Waals surface area contributed by atoms with Gasteiger partial charge in [-0.1, -0.05) is 6.08 Å². The molecule has 0 aromatic heterocycles. The summed E-state index contributed by atoms with van der Waals surface area (Å²) in [5, 5.41) is 17.7. The van der Waals surface area contributed by atoms with Gasteiger partial charge >= 0.3 is 11.9 Å². The fourth-order valence-corrected chi connectivity index (χ4v) is 1.51. The minimum atomic E-state index is -1.58. The maximum atomic E-state index is 10.9. The molecule has 0 aliphatic carbocycles. The number of carboxylic acid groups (broad SMARTS) is 2. The van der Waals surface area contributed by atoms with Gasteiger partial charge in [0.2, 0.25) is 0 Å². The van der Waals surface area contributed by atoms with E-state index in [0.29, 0.717) is 0 Å². The van der Waals surface area contributed by atoms with Gasteiger partial charge in [-0.05, 0) is 6.42 Å². The van der Waals surface area contributed by atoms with Crippen LogP contribution in [-0.2, 0) is 19.1 Å². The maximum absolute atomic E-state index is 10.9. The Morgan fingerprint density at radius 1 is 1.25 bits per heavy atom. The number of carbonyl (C=O) groups is 2. The van der Waals surface area contributed by atoms with Crippen LogP contribution in [0.25, 0.3) is 0 Å². The van der Waals surface area contributed by atoms with E-state index in [0.717, 1.165) is 0 Å². The second kappa shape index (κ2) is 6.97. The van der Waals surface area contributed by atoms with E-state index in [-0.39, 0.29) is 6.42 Å². The Hall–Kier alpha value is -1.40. The summed E-state index contributed by atoms with van der Waals surface area (Å²) in [6, 6.07) is 0. The first-order valence-electron chi connectivity index (χ1n) is 4.61. The second-order valence-electron chi connectivity index (χ2n) is 3.18. The molecule has 6 heteroatoms. The van der Waals surface area contributed by atoms with E-state index in [4.69, 9.17) is 19.7 Å². The van der Waals surface area contributed by atoms with Crippen LogP contribution < -0.4 is 0 Å². The predicted octanol–water partition coefficient (Wildman–Crippen LogP) is 0.583.